The van der Waals surface area contributed by atoms with Crippen LogP contribution in [0.1, 0.15) is 38.2 Å². The number of sulfonamides is 1. The summed E-state index contributed by atoms with van der Waals surface area (Å²) in [7, 11) is -3.50. The summed E-state index contributed by atoms with van der Waals surface area (Å²) in [4.78, 5) is 0.369. The monoisotopic (exact) mass is 357 g/mol. The fraction of sp³-hybridized carbons (Fsp3) is 0.429. The van der Waals surface area contributed by atoms with Crippen LogP contribution in [-0.2, 0) is 10.0 Å². The zero-order valence-corrected chi connectivity index (χ0v) is 16.0. The van der Waals surface area contributed by atoms with Crippen LogP contribution in [0.3, 0.4) is 0 Å². The van der Waals surface area contributed by atoms with Crippen molar-refractivity contribution in [1.82, 2.24) is 4.31 Å². The molecular formula is C21H27NO2S. The van der Waals surface area contributed by atoms with Gasteiger partial charge in [-0.15, -0.1) is 0 Å². The van der Waals surface area contributed by atoms with E-state index in [2.05, 4.69) is 26.2 Å². The molecule has 3 nitrogen and oxygen atoms in total. The first-order chi connectivity index (χ1) is 11.8. The van der Waals surface area contributed by atoms with Crippen LogP contribution < -0.4 is 0 Å². The van der Waals surface area contributed by atoms with E-state index < -0.39 is 10.0 Å². The maximum Gasteiger partial charge on any atom is 0.243 e. The molecule has 2 atom stereocenters. The van der Waals surface area contributed by atoms with E-state index in [0.29, 0.717) is 17.4 Å². The molecule has 0 aromatic heterocycles. The molecule has 4 heteroatoms. The van der Waals surface area contributed by atoms with Gasteiger partial charge in [0.25, 0.3) is 0 Å². The van der Waals surface area contributed by atoms with Crippen LogP contribution in [0, 0.1) is 12.8 Å². The van der Waals surface area contributed by atoms with E-state index in [1.807, 2.05) is 19.1 Å². The number of nitrogens with zero attached hydrogens (tertiary/aromatic N) is 1. The number of hydrogen-bond donors (Lipinski definition) is 0. The lowest BCUT2D eigenvalue weighted by Crippen LogP contribution is -2.37. The summed E-state index contributed by atoms with van der Waals surface area (Å²) in [5.74, 6) is 0.524. The highest BCUT2D eigenvalue weighted by Gasteiger charge is 2.39. The van der Waals surface area contributed by atoms with Gasteiger partial charge in [0.05, 0.1) is 10.9 Å². The van der Waals surface area contributed by atoms with Crippen molar-refractivity contribution in [3.8, 4) is 0 Å². The average molecular weight is 358 g/mol. The SMILES string of the molecule is C=C1CC(C2=CC[C@H](C(=C)C)CC2)N(S(=O)(=O)c2ccc(C)cc2)C1. The third kappa shape index (κ3) is 3.65. The Hall–Kier alpha value is -1.65. The molecule has 25 heavy (non-hydrogen) atoms. The number of hydrogen-bond acceptors (Lipinski definition) is 2. The van der Waals surface area contributed by atoms with Gasteiger partial charge in [0.2, 0.25) is 10.0 Å². The van der Waals surface area contributed by atoms with E-state index in [1.54, 1.807) is 16.4 Å². The standard InChI is InChI=1S/C21H27NO2S/c1-15(2)18-7-9-19(10-8-18)21-13-17(4)14-22(21)25(23,24)20-11-5-16(3)6-12-20/h5-6,9,11-12,18,21H,1,4,7-8,10,13-14H2,2-3H3/t18-,21?/m0/s1. The number of aryl methyl sites for hydroxylation is 1. The molecule has 1 fully saturated rings. The summed E-state index contributed by atoms with van der Waals surface area (Å²) < 4.78 is 28.0. The summed E-state index contributed by atoms with van der Waals surface area (Å²) in [6.45, 7) is 12.6. The van der Waals surface area contributed by atoms with E-state index in [1.165, 1.54) is 11.1 Å². The molecule has 134 valence electrons. The first-order valence-electron chi connectivity index (χ1n) is 8.88. The molecule has 0 spiro atoms. The highest BCUT2D eigenvalue weighted by molar-refractivity contribution is 7.89. The van der Waals surface area contributed by atoms with Crippen LogP contribution in [0.5, 0.6) is 0 Å². The summed E-state index contributed by atoms with van der Waals surface area (Å²) in [5, 5.41) is 0. The normalized spacial score (nSPS) is 25.0. The zero-order chi connectivity index (χ0) is 18.2. The van der Waals surface area contributed by atoms with Crippen LogP contribution in [0.4, 0.5) is 0 Å². The Morgan fingerprint density at radius 2 is 1.92 bits per heavy atom. The van der Waals surface area contributed by atoms with Crippen LogP contribution in [0.25, 0.3) is 0 Å². The number of rotatable bonds is 4. The van der Waals surface area contributed by atoms with Crippen molar-refractivity contribution in [2.24, 2.45) is 5.92 Å². The molecule has 1 aromatic carbocycles. The minimum absolute atomic E-state index is 0.0788. The molecule has 1 aliphatic carbocycles. The smallest absolute Gasteiger partial charge is 0.207 e. The van der Waals surface area contributed by atoms with E-state index >= 15 is 0 Å². The predicted octanol–water partition coefficient (Wildman–Crippen LogP) is 4.62. The first-order valence-corrected chi connectivity index (χ1v) is 10.3. The molecule has 0 N–H and O–H groups in total. The minimum atomic E-state index is -3.50. The fourth-order valence-electron chi connectivity index (χ4n) is 3.79. The van der Waals surface area contributed by atoms with Gasteiger partial charge in [-0.3, -0.25) is 0 Å². The molecule has 1 aliphatic heterocycles. The molecule has 2 aliphatic rings. The Kier molecular flexibility index (Phi) is 5.03. The maximum absolute atomic E-state index is 13.2. The van der Waals surface area contributed by atoms with Gasteiger partial charge in [0.15, 0.2) is 0 Å². The van der Waals surface area contributed by atoms with E-state index in [9.17, 15) is 8.42 Å². The largest absolute Gasteiger partial charge is 0.243 e. The van der Waals surface area contributed by atoms with E-state index in [-0.39, 0.29) is 6.04 Å². The van der Waals surface area contributed by atoms with Crippen molar-refractivity contribution in [3.05, 3.63) is 65.8 Å². The molecule has 1 saturated heterocycles. The molecule has 0 bridgehead atoms. The summed E-state index contributed by atoms with van der Waals surface area (Å²) in [6, 6.07) is 7.03. The molecule has 0 amide bonds. The van der Waals surface area contributed by atoms with Crippen molar-refractivity contribution in [2.45, 2.75) is 50.5 Å². The average Bonchev–Trinajstić information content (AvgIpc) is 2.98. The van der Waals surface area contributed by atoms with Gasteiger partial charge in [-0.05, 0) is 57.6 Å². The summed E-state index contributed by atoms with van der Waals surface area (Å²) in [6.07, 6.45) is 5.93. The molecule has 3 rings (SSSR count). The molecule has 0 radical (unpaired) electrons. The van der Waals surface area contributed by atoms with Crippen molar-refractivity contribution in [3.63, 3.8) is 0 Å². The van der Waals surface area contributed by atoms with E-state index in [4.69, 9.17) is 0 Å². The molecule has 1 aromatic rings. The maximum atomic E-state index is 13.2. The van der Waals surface area contributed by atoms with Gasteiger partial charge < -0.3 is 0 Å². The van der Waals surface area contributed by atoms with Gasteiger partial charge in [-0.2, -0.15) is 4.31 Å². The summed E-state index contributed by atoms with van der Waals surface area (Å²) >= 11 is 0. The molecular weight excluding hydrogens is 330 g/mol. The van der Waals surface area contributed by atoms with Gasteiger partial charge in [-0.1, -0.05) is 53.6 Å². The quantitative estimate of drug-likeness (QED) is 0.738. The van der Waals surface area contributed by atoms with E-state index in [0.717, 1.165) is 36.8 Å². The van der Waals surface area contributed by atoms with Crippen molar-refractivity contribution in [1.29, 1.82) is 0 Å². The Bertz CT molecular complexity index is 818. The lowest BCUT2D eigenvalue weighted by Gasteiger charge is -2.30. The lowest BCUT2D eigenvalue weighted by molar-refractivity contribution is 0.400. The van der Waals surface area contributed by atoms with Crippen molar-refractivity contribution in [2.75, 3.05) is 6.54 Å². The van der Waals surface area contributed by atoms with Crippen molar-refractivity contribution < 1.29 is 8.42 Å². The van der Waals surface area contributed by atoms with Gasteiger partial charge >= 0.3 is 0 Å². The fourth-order valence-corrected chi connectivity index (χ4v) is 5.44. The second kappa shape index (κ2) is 6.93. The Balaban J connectivity index is 1.88. The predicted molar refractivity (Wildman–Crippen MR) is 103 cm³/mol. The zero-order valence-electron chi connectivity index (χ0n) is 15.2. The van der Waals surface area contributed by atoms with Gasteiger partial charge in [0.1, 0.15) is 0 Å². The number of allylic oxidation sites excluding steroid dienone is 2. The van der Waals surface area contributed by atoms with Crippen LogP contribution in [-0.4, -0.2) is 25.3 Å². The Morgan fingerprint density at radius 3 is 2.48 bits per heavy atom. The summed E-state index contributed by atoms with van der Waals surface area (Å²) in [5.41, 5.74) is 4.51. The van der Waals surface area contributed by atoms with Crippen LogP contribution in [0.15, 0.2) is 65.1 Å². The third-order valence-electron chi connectivity index (χ3n) is 5.41. The molecule has 1 unspecified atom stereocenters. The number of benzene rings is 1. The highest BCUT2D eigenvalue weighted by Crippen LogP contribution is 2.38. The first kappa shape index (κ1) is 18.2. The second-order valence-corrected chi connectivity index (χ2v) is 9.32. The van der Waals surface area contributed by atoms with Crippen molar-refractivity contribution >= 4 is 10.0 Å². The molecule has 0 saturated carbocycles. The Morgan fingerprint density at radius 1 is 1.24 bits per heavy atom. The third-order valence-corrected chi connectivity index (χ3v) is 7.28. The van der Waals surface area contributed by atoms with Gasteiger partial charge in [-0.25, -0.2) is 8.42 Å². The van der Waals surface area contributed by atoms with Crippen LogP contribution >= 0.6 is 0 Å². The lowest BCUT2D eigenvalue weighted by atomic mass is 9.83. The minimum Gasteiger partial charge on any atom is -0.207 e. The second-order valence-electron chi connectivity index (χ2n) is 7.43. The van der Waals surface area contributed by atoms with Crippen LogP contribution in [0.2, 0.25) is 0 Å². The molecule has 1 heterocycles. The Labute approximate surface area is 151 Å². The highest BCUT2D eigenvalue weighted by atomic mass is 32.2. The van der Waals surface area contributed by atoms with Gasteiger partial charge in [0, 0.05) is 6.54 Å². The topological polar surface area (TPSA) is 37.4 Å².